The highest BCUT2D eigenvalue weighted by molar-refractivity contribution is 6.03. The zero-order valence-electron chi connectivity index (χ0n) is 49.0. The first-order valence-electron chi connectivity index (χ1n) is 28.3. The van der Waals surface area contributed by atoms with Gasteiger partial charge in [-0.05, 0) is 168 Å². The number of unbranched alkanes of at least 4 members (excludes halogenated alkanes) is 3. The molecule has 21 heteroatoms. The van der Waals surface area contributed by atoms with Crippen molar-refractivity contribution in [1.82, 2.24) is 16.0 Å². The summed E-state index contributed by atoms with van der Waals surface area (Å²) >= 11 is 0. The molecule has 0 saturated carbocycles. The maximum atomic E-state index is 14.3. The standard InChI is InChI=1S/C60H83N9O12/c1-78-53-21-17-37(29-41(53)57(66)74)34-50(71)46(14-6-10-26-62)67-59(76)43-31-39(19-23-55(43)80-3)36-52(73)48(16-8-12-28-64)69-60(77)44-32-40(20-24-56(44)81-4)35-51(72)47(15-7-11-27-63)68-58(75)42-30-38(18-22-54(42)79-2)33-49(70)45(65)13-5-9-25-61/h17-24,29-32,45-48H,5-16,25-28,33-36,61-65H2,1-4H3,(H2,66,74)(H,67,76)(H,68,75)(H,69,77)/t45-,46-,47-,48-/m0/s1/i5D,9D/t5?,9?,45-,46-,47-,48-. The lowest BCUT2D eigenvalue weighted by Crippen LogP contribution is -2.42. The van der Waals surface area contributed by atoms with E-state index in [1.54, 1.807) is 24.3 Å². The molecule has 0 aliphatic carbocycles. The minimum atomic E-state index is -1.04. The van der Waals surface area contributed by atoms with Crippen molar-refractivity contribution in [2.45, 2.75) is 127 Å². The Morgan fingerprint density at radius 2 is 0.716 bits per heavy atom. The van der Waals surface area contributed by atoms with Gasteiger partial charge in [0.1, 0.15) is 23.0 Å². The van der Waals surface area contributed by atoms with Gasteiger partial charge < -0.3 is 69.3 Å². The van der Waals surface area contributed by atoms with Gasteiger partial charge in [0.05, 0.1) is 74.9 Å². The molecule has 0 saturated heterocycles. The van der Waals surface area contributed by atoms with Crippen LogP contribution in [0, 0.1) is 0 Å². The van der Waals surface area contributed by atoms with Crippen LogP contribution in [-0.2, 0) is 44.9 Å². The molecule has 0 heterocycles. The van der Waals surface area contributed by atoms with Gasteiger partial charge >= 0.3 is 0 Å². The highest BCUT2D eigenvalue weighted by Gasteiger charge is 2.29. The second-order valence-corrected chi connectivity index (χ2v) is 19.6. The topological polar surface area (TPSA) is 366 Å². The number of nitrogens with two attached hydrogens (primary N) is 6. The van der Waals surface area contributed by atoms with E-state index in [1.165, 1.54) is 77.0 Å². The Hall–Kier alpha value is -7.56. The van der Waals surface area contributed by atoms with E-state index < -0.39 is 66.4 Å². The average molecular weight is 1120 g/mol. The fourth-order valence-corrected chi connectivity index (χ4v) is 9.09. The molecule has 0 aliphatic heterocycles. The fourth-order valence-electron chi connectivity index (χ4n) is 9.09. The van der Waals surface area contributed by atoms with Crippen molar-refractivity contribution in [3.8, 4) is 23.0 Å². The number of benzene rings is 4. The van der Waals surface area contributed by atoms with Gasteiger partial charge in [-0.1, -0.05) is 30.7 Å². The molecule has 0 spiro atoms. The number of nitrogens with one attached hydrogen (secondary N) is 3. The van der Waals surface area contributed by atoms with Crippen LogP contribution in [0.4, 0.5) is 0 Å². The lowest BCUT2D eigenvalue weighted by Gasteiger charge is -2.21. The lowest BCUT2D eigenvalue weighted by molar-refractivity contribution is -0.121. The summed E-state index contributed by atoms with van der Waals surface area (Å²) < 4.78 is 37.9. The number of primary amides is 1. The molecule has 0 aliphatic rings. The Labute approximate surface area is 477 Å². The van der Waals surface area contributed by atoms with Crippen LogP contribution in [0.5, 0.6) is 23.0 Å². The van der Waals surface area contributed by atoms with Crippen LogP contribution in [0.2, 0.25) is 0 Å². The third-order valence-electron chi connectivity index (χ3n) is 13.6. The van der Waals surface area contributed by atoms with Crippen molar-refractivity contribution in [1.29, 1.82) is 0 Å². The number of amides is 4. The highest BCUT2D eigenvalue weighted by Crippen LogP contribution is 2.26. The number of carbonyl (C=O) groups excluding carboxylic acids is 8. The van der Waals surface area contributed by atoms with Crippen molar-refractivity contribution in [3.05, 3.63) is 117 Å². The molecule has 2 unspecified atom stereocenters. The molecule has 81 heavy (non-hydrogen) atoms. The largest absolute Gasteiger partial charge is 0.496 e. The first kappa shape index (κ1) is 62.6. The summed E-state index contributed by atoms with van der Waals surface area (Å²) in [6.45, 7) is 1.01. The van der Waals surface area contributed by atoms with E-state index in [0.29, 0.717) is 80.4 Å². The van der Waals surface area contributed by atoms with E-state index in [2.05, 4.69) is 16.0 Å². The molecule has 0 aromatic heterocycles. The second-order valence-electron chi connectivity index (χ2n) is 19.6. The van der Waals surface area contributed by atoms with Gasteiger partial charge in [0.15, 0.2) is 23.1 Å². The number of hydrogen-bond acceptors (Lipinski definition) is 17. The highest BCUT2D eigenvalue weighted by atomic mass is 16.5. The predicted octanol–water partition coefficient (Wildman–Crippen LogP) is 3.51. The van der Waals surface area contributed by atoms with Crippen LogP contribution in [0.1, 0.15) is 143 Å². The first-order chi connectivity index (χ1) is 39.7. The van der Waals surface area contributed by atoms with Gasteiger partial charge in [0.25, 0.3) is 23.6 Å². The first-order valence-corrected chi connectivity index (χ1v) is 27.2. The van der Waals surface area contributed by atoms with E-state index in [-0.39, 0.29) is 121 Å². The molecule has 4 aromatic carbocycles. The molecule has 4 rings (SSSR count). The summed E-state index contributed by atoms with van der Waals surface area (Å²) in [5.74, 6) is -3.42. The second kappa shape index (κ2) is 34.6. The molecule has 0 fully saturated rings. The molecular formula is C60H83N9O12. The molecule has 440 valence electrons. The predicted molar refractivity (Wildman–Crippen MR) is 309 cm³/mol. The van der Waals surface area contributed by atoms with Gasteiger partial charge in [-0.3, -0.25) is 38.4 Å². The van der Waals surface area contributed by atoms with E-state index in [4.69, 9.17) is 56.1 Å². The van der Waals surface area contributed by atoms with Gasteiger partial charge in [-0.25, -0.2) is 0 Å². The smallest absolute Gasteiger partial charge is 0.255 e. The van der Waals surface area contributed by atoms with Crippen LogP contribution in [0.25, 0.3) is 0 Å². The normalized spacial score (nSPS) is 13.6. The molecule has 4 amide bonds. The molecule has 21 nitrogen and oxygen atoms in total. The molecule has 0 radical (unpaired) electrons. The SMILES string of the molecule is [2H]C(CN)C([2H])C[C@H](N)C(=O)Cc1ccc(OC)c(C(=O)N[C@@H](CCCCN)C(=O)Cc2ccc(OC)c(C(=O)N[C@@H](CCCCN)C(=O)Cc3ccc(OC)c(C(=O)N[C@@H](CCCCN)C(=O)Cc4ccc(OC)c(C(N)=O)c4)c3)c2)c1. The summed E-state index contributed by atoms with van der Waals surface area (Å²) in [5, 5.41) is 8.56. The molecule has 6 atom stereocenters. The molecular weight excluding hydrogens is 1040 g/mol. The zero-order valence-corrected chi connectivity index (χ0v) is 47.0. The maximum absolute atomic E-state index is 14.3. The van der Waals surface area contributed by atoms with Crippen molar-refractivity contribution >= 4 is 46.8 Å². The van der Waals surface area contributed by atoms with Crippen LogP contribution in [0.3, 0.4) is 0 Å². The number of ketones is 4. The number of carbonyl (C=O) groups is 8. The minimum Gasteiger partial charge on any atom is -0.496 e. The number of hydrogen-bond donors (Lipinski definition) is 9. The summed E-state index contributed by atoms with van der Waals surface area (Å²) in [7, 11) is 5.53. The summed E-state index contributed by atoms with van der Waals surface area (Å²) in [4.78, 5) is 110. The van der Waals surface area contributed by atoms with E-state index in [0.717, 1.165) is 0 Å². The quantitative estimate of drug-likeness (QED) is 0.0289. The van der Waals surface area contributed by atoms with E-state index in [9.17, 15) is 38.4 Å². The molecule has 4 aromatic rings. The van der Waals surface area contributed by atoms with Gasteiger partial charge in [0, 0.05) is 28.4 Å². The molecule has 15 N–H and O–H groups in total. The van der Waals surface area contributed by atoms with Crippen molar-refractivity contribution in [2.24, 2.45) is 34.4 Å². The number of ether oxygens (including phenoxy) is 4. The average Bonchev–Trinajstić information content (AvgIpc) is 3.68. The lowest BCUT2D eigenvalue weighted by atomic mass is 9.95. The Morgan fingerprint density at radius 3 is 1.00 bits per heavy atom. The Bertz CT molecular complexity index is 2870. The number of rotatable bonds is 39. The van der Waals surface area contributed by atoms with Crippen LogP contribution >= 0.6 is 0 Å². The number of methoxy groups -OCH3 is 4. The van der Waals surface area contributed by atoms with Gasteiger partial charge in [-0.2, -0.15) is 0 Å². The van der Waals surface area contributed by atoms with Crippen molar-refractivity contribution in [3.63, 3.8) is 0 Å². The maximum Gasteiger partial charge on any atom is 0.255 e. The summed E-state index contributed by atoms with van der Waals surface area (Å²) in [6, 6.07) is 14.5. The van der Waals surface area contributed by atoms with E-state index >= 15 is 0 Å². The third kappa shape index (κ3) is 20.5. The van der Waals surface area contributed by atoms with Crippen LogP contribution in [0.15, 0.2) is 72.8 Å². The van der Waals surface area contributed by atoms with Crippen LogP contribution < -0.4 is 69.3 Å². The van der Waals surface area contributed by atoms with Crippen molar-refractivity contribution in [2.75, 3.05) is 54.6 Å². The number of Topliss-reactive ketones (excluding diaryl/α,β-unsaturated/α-hetero) is 4. The monoisotopic (exact) mass is 1120 g/mol. The summed E-state index contributed by atoms with van der Waals surface area (Å²) in [5.41, 5.74) is 36.6. The van der Waals surface area contributed by atoms with Crippen molar-refractivity contribution < 1.29 is 60.0 Å². The molecule has 0 bridgehead atoms. The zero-order chi connectivity index (χ0) is 61.2. The fraction of sp³-hybridized carbons (Fsp3) is 0.467. The minimum absolute atomic E-state index is 0.0327. The Kier molecular flexibility index (Phi) is 26.7. The third-order valence-corrected chi connectivity index (χ3v) is 13.6. The van der Waals surface area contributed by atoms with Crippen LogP contribution in [-0.4, -0.2) is 126 Å². The van der Waals surface area contributed by atoms with Gasteiger partial charge in [0.2, 0.25) is 0 Å². The van der Waals surface area contributed by atoms with Gasteiger partial charge in [-0.15, -0.1) is 0 Å². The summed E-state index contributed by atoms with van der Waals surface area (Å²) in [6.07, 6.45) is 1.24. The Morgan fingerprint density at radius 1 is 0.420 bits per heavy atom. The Balaban J connectivity index is 1.55. The van der Waals surface area contributed by atoms with E-state index in [1.807, 2.05) is 0 Å².